The molecule has 0 aromatic heterocycles. The van der Waals surface area contributed by atoms with Gasteiger partial charge in [0.15, 0.2) is 11.0 Å². The molecular weight excluding hydrogens is 324 g/mol. The second-order valence-electron chi connectivity index (χ2n) is 3.33. The van der Waals surface area contributed by atoms with E-state index in [-0.39, 0.29) is 22.8 Å². The van der Waals surface area contributed by atoms with Gasteiger partial charge in [-0.2, -0.15) is 0 Å². The Kier molecular flexibility index (Phi) is 6.02. The maximum absolute atomic E-state index is 11.8. The molecule has 1 aromatic carbocycles. The van der Waals surface area contributed by atoms with Gasteiger partial charge < -0.3 is 5.32 Å². The van der Waals surface area contributed by atoms with E-state index in [0.29, 0.717) is 16.3 Å². The summed E-state index contributed by atoms with van der Waals surface area (Å²) < 4.78 is 0. The predicted molar refractivity (Wildman–Crippen MR) is 78.9 cm³/mol. The van der Waals surface area contributed by atoms with Crippen molar-refractivity contribution >= 4 is 51.3 Å². The minimum Gasteiger partial charge on any atom is -0.363 e. The number of Topliss-reactive ketones (excluding diaryl/α,β-unsaturated/α-hetero) is 1. The van der Waals surface area contributed by atoms with Crippen molar-refractivity contribution in [3.8, 4) is 0 Å². The van der Waals surface area contributed by atoms with Crippen molar-refractivity contribution in [2.75, 3.05) is 18.8 Å². The molecule has 1 heterocycles. The van der Waals surface area contributed by atoms with E-state index in [2.05, 4.69) is 10.3 Å². The molecule has 2 rings (SSSR count). The third-order valence-electron chi connectivity index (χ3n) is 2.15. The summed E-state index contributed by atoms with van der Waals surface area (Å²) in [6.07, 6.45) is 0. The van der Waals surface area contributed by atoms with E-state index in [1.807, 2.05) is 0 Å². The molecule has 0 radical (unpaired) electrons. The van der Waals surface area contributed by atoms with Crippen molar-refractivity contribution in [1.82, 2.24) is 5.32 Å². The van der Waals surface area contributed by atoms with E-state index in [1.54, 1.807) is 24.3 Å². The summed E-state index contributed by atoms with van der Waals surface area (Å²) in [4.78, 5) is 16.0. The standard InChI is InChI=1S/C11H11ClN2OS.BrH/c12-9-3-1-8(2-4-9)10(15)7-16-11-13-5-6-14-11;/h1-4H,5-7H2,(H,13,14);1H. The number of benzene rings is 1. The maximum atomic E-state index is 11.8. The van der Waals surface area contributed by atoms with Crippen molar-refractivity contribution < 1.29 is 4.79 Å². The molecule has 1 N–H and O–H groups in total. The number of carbonyl (C=O) groups is 1. The minimum absolute atomic E-state index is 0. The second-order valence-corrected chi connectivity index (χ2v) is 4.73. The highest BCUT2D eigenvalue weighted by Crippen LogP contribution is 2.13. The lowest BCUT2D eigenvalue weighted by atomic mass is 10.1. The van der Waals surface area contributed by atoms with E-state index < -0.39 is 0 Å². The molecule has 0 atom stereocenters. The van der Waals surface area contributed by atoms with Gasteiger partial charge in [0.2, 0.25) is 0 Å². The Balaban J connectivity index is 0.00000144. The molecule has 0 saturated carbocycles. The zero-order valence-electron chi connectivity index (χ0n) is 8.98. The fourth-order valence-electron chi connectivity index (χ4n) is 1.33. The lowest BCUT2D eigenvalue weighted by molar-refractivity contribution is 0.102. The normalized spacial score (nSPS) is 13.6. The van der Waals surface area contributed by atoms with Crippen LogP contribution in [0.3, 0.4) is 0 Å². The fourth-order valence-corrected chi connectivity index (χ4v) is 2.27. The summed E-state index contributed by atoms with van der Waals surface area (Å²) in [5, 5.41) is 4.62. The van der Waals surface area contributed by atoms with Gasteiger partial charge in [-0.25, -0.2) is 0 Å². The maximum Gasteiger partial charge on any atom is 0.173 e. The Hall–Kier alpha value is -0.520. The predicted octanol–water partition coefficient (Wildman–Crippen LogP) is 2.79. The Labute approximate surface area is 120 Å². The van der Waals surface area contributed by atoms with Gasteiger partial charge in [-0.05, 0) is 24.3 Å². The first-order valence-electron chi connectivity index (χ1n) is 4.95. The topological polar surface area (TPSA) is 41.5 Å². The van der Waals surface area contributed by atoms with E-state index in [4.69, 9.17) is 11.6 Å². The average Bonchev–Trinajstić information content (AvgIpc) is 2.80. The Morgan fingerprint density at radius 1 is 1.41 bits per heavy atom. The van der Waals surface area contributed by atoms with Gasteiger partial charge in [0.1, 0.15) is 0 Å². The van der Waals surface area contributed by atoms with Gasteiger partial charge in [0.05, 0.1) is 12.3 Å². The number of nitrogens with one attached hydrogen (secondary N) is 1. The first-order chi connectivity index (χ1) is 7.75. The van der Waals surface area contributed by atoms with Crippen LogP contribution in [0.15, 0.2) is 29.3 Å². The van der Waals surface area contributed by atoms with Crippen molar-refractivity contribution in [2.45, 2.75) is 0 Å². The van der Waals surface area contributed by atoms with Crippen LogP contribution in [0, 0.1) is 0 Å². The molecule has 0 aliphatic carbocycles. The van der Waals surface area contributed by atoms with Crippen molar-refractivity contribution in [2.24, 2.45) is 4.99 Å². The number of halogens is 2. The Morgan fingerprint density at radius 2 is 2.12 bits per heavy atom. The highest BCUT2D eigenvalue weighted by molar-refractivity contribution is 8.93. The van der Waals surface area contributed by atoms with Gasteiger partial charge in [-0.1, -0.05) is 23.4 Å². The lowest BCUT2D eigenvalue weighted by Gasteiger charge is -2.02. The summed E-state index contributed by atoms with van der Waals surface area (Å²) in [6, 6.07) is 6.94. The number of nitrogens with zero attached hydrogens (tertiary/aromatic N) is 1. The van der Waals surface area contributed by atoms with Gasteiger partial charge in [0.25, 0.3) is 0 Å². The lowest BCUT2D eigenvalue weighted by Crippen LogP contribution is -2.17. The molecule has 0 fully saturated rings. The van der Waals surface area contributed by atoms with Gasteiger partial charge >= 0.3 is 0 Å². The van der Waals surface area contributed by atoms with E-state index in [1.165, 1.54) is 11.8 Å². The van der Waals surface area contributed by atoms with Crippen LogP contribution >= 0.6 is 40.3 Å². The fraction of sp³-hybridized carbons (Fsp3) is 0.273. The molecule has 0 saturated heterocycles. The summed E-state index contributed by atoms with van der Waals surface area (Å²) >= 11 is 7.20. The van der Waals surface area contributed by atoms with E-state index in [9.17, 15) is 4.79 Å². The Bertz CT molecular complexity index is 422. The minimum atomic E-state index is 0. The van der Waals surface area contributed by atoms with Crippen LogP contribution in [0.5, 0.6) is 0 Å². The van der Waals surface area contributed by atoms with Crippen LogP contribution in [-0.4, -0.2) is 29.8 Å². The zero-order chi connectivity index (χ0) is 11.4. The number of carbonyl (C=O) groups excluding carboxylic acids is 1. The summed E-state index contributed by atoms with van der Waals surface area (Å²) in [5.41, 5.74) is 0.690. The number of hydrogen-bond donors (Lipinski definition) is 1. The quantitative estimate of drug-likeness (QED) is 0.864. The molecule has 0 spiro atoms. The summed E-state index contributed by atoms with van der Waals surface area (Å²) in [7, 11) is 0. The third-order valence-corrected chi connectivity index (χ3v) is 3.35. The highest BCUT2D eigenvalue weighted by atomic mass is 79.9. The molecule has 1 aliphatic rings. The molecule has 1 aromatic rings. The van der Waals surface area contributed by atoms with E-state index >= 15 is 0 Å². The molecular formula is C11H12BrClN2OS. The largest absolute Gasteiger partial charge is 0.363 e. The van der Waals surface area contributed by atoms with Gasteiger partial charge in [0, 0.05) is 17.1 Å². The highest BCUT2D eigenvalue weighted by Gasteiger charge is 2.10. The van der Waals surface area contributed by atoms with E-state index in [0.717, 1.165) is 18.3 Å². The Morgan fingerprint density at radius 3 is 2.71 bits per heavy atom. The summed E-state index contributed by atoms with van der Waals surface area (Å²) in [6.45, 7) is 1.68. The molecule has 0 bridgehead atoms. The first kappa shape index (κ1) is 14.5. The number of amidine groups is 1. The number of aliphatic imine (C=N–C) groups is 1. The van der Waals surface area contributed by atoms with Gasteiger partial charge in [-0.3, -0.25) is 9.79 Å². The molecule has 3 nitrogen and oxygen atoms in total. The monoisotopic (exact) mass is 334 g/mol. The van der Waals surface area contributed by atoms with Crippen molar-refractivity contribution in [1.29, 1.82) is 0 Å². The van der Waals surface area contributed by atoms with Crippen LogP contribution < -0.4 is 5.32 Å². The van der Waals surface area contributed by atoms with Gasteiger partial charge in [-0.15, -0.1) is 17.0 Å². The van der Waals surface area contributed by atoms with Crippen LogP contribution in [0.25, 0.3) is 0 Å². The smallest absolute Gasteiger partial charge is 0.173 e. The van der Waals surface area contributed by atoms with Crippen LogP contribution in [-0.2, 0) is 0 Å². The van der Waals surface area contributed by atoms with Crippen LogP contribution in [0.1, 0.15) is 10.4 Å². The molecule has 92 valence electrons. The number of thioether (sulfide) groups is 1. The second kappa shape index (κ2) is 7.03. The molecule has 17 heavy (non-hydrogen) atoms. The molecule has 0 unspecified atom stereocenters. The summed E-state index contributed by atoms with van der Waals surface area (Å²) in [5.74, 6) is 0.506. The van der Waals surface area contributed by atoms with Crippen molar-refractivity contribution in [3.63, 3.8) is 0 Å². The SMILES string of the molecule is Br.O=C(CSC1=NCCN1)c1ccc(Cl)cc1. The number of ketones is 1. The van der Waals surface area contributed by atoms with Crippen LogP contribution in [0.2, 0.25) is 5.02 Å². The third kappa shape index (κ3) is 4.33. The van der Waals surface area contributed by atoms with Crippen LogP contribution in [0.4, 0.5) is 0 Å². The molecule has 6 heteroatoms. The van der Waals surface area contributed by atoms with Crippen molar-refractivity contribution in [3.05, 3.63) is 34.9 Å². The molecule has 1 aliphatic heterocycles. The molecule has 0 amide bonds. The average molecular weight is 336 g/mol. The number of hydrogen-bond acceptors (Lipinski definition) is 4. The first-order valence-corrected chi connectivity index (χ1v) is 6.32. The zero-order valence-corrected chi connectivity index (χ0v) is 12.3. The number of rotatable bonds is 3.